The number of rotatable bonds is 8. The Bertz CT molecular complexity index is 771. The zero-order valence-corrected chi connectivity index (χ0v) is 21.5. The normalized spacial score (nSPS) is 36.6. The summed E-state index contributed by atoms with van der Waals surface area (Å²) in [6.07, 6.45) is 18.7. The van der Waals surface area contributed by atoms with Crippen LogP contribution in [0.5, 0.6) is 0 Å². The molecule has 0 aliphatic heterocycles. The molecule has 3 saturated carbocycles. The van der Waals surface area contributed by atoms with E-state index >= 15 is 0 Å². The van der Waals surface area contributed by atoms with E-state index in [4.69, 9.17) is 0 Å². The highest BCUT2D eigenvalue weighted by atomic mass is 16.3. The van der Waals surface area contributed by atoms with E-state index in [2.05, 4.69) is 58.6 Å². The van der Waals surface area contributed by atoms with Crippen LogP contribution in [-0.2, 0) is 0 Å². The van der Waals surface area contributed by atoms with Crippen LogP contribution in [0.15, 0.2) is 47.6 Å². The first-order valence-electron chi connectivity index (χ1n) is 13.5. The van der Waals surface area contributed by atoms with Gasteiger partial charge in [0.25, 0.3) is 0 Å². The first-order valence-corrected chi connectivity index (χ1v) is 13.5. The Balaban J connectivity index is 1.67. The number of hydrogen-bond donors (Lipinski definition) is 3. The smallest absolute Gasteiger partial charge is 0.0811 e. The quantitative estimate of drug-likeness (QED) is 0.358. The second-order valence-electron chi connectivity index (χ2n) is 11.4. The molecule has 0 saturated heterocycles. The summed E-state index contributed by atoms with van der Waals surface area (Å²) < 4.78 is 0. The van der Waals surface area contributed by atoms with Crippen molar-refractivity contribution in [2.75, 3.05) is 0 Å². The van der Waals surface area contributed by atoms with Crippen LogP contribution < -0.4 is 0 Å². The highest BCUT2D eigenvalue weighted by molar-refractivity contribution is 5.38. The van der Waals surface area contributed by atoms with Gasteiger partial charge in [0.2, 0.25) is 0 Å². The molecular formula is C30H48O3. The SMILES string of the molecule is C=C1/C(=C\C=C2/CCC[C@]3(C)[C@@H]([C@H](C)/C=C/CCC(O)(CC)CC)CC[C@@H]23)C[C@@H](O)C[C@@H]1O. The van der Waals surface area contributed by atoms with E-state index < -0.39 is 17.8 Å². The number of allylic oxidation sites excluding steroid dienone is 5. The van der Waals surface area contributed by atoms with Crippen LogP contribution in [0.25, 0.3) is 0 Å². The van der Waals surface area contributed by atoms with Crippen molar-refractivity contribution in [2.45, 2.75) is 116 Å². The second kappa shape index (κ2) is 11.1. The number of fused-ring (bicyclic) bond motifs is 1. The number of aliphatic hydroxyl groups is 3. The Hall–Kier alpha value is -1.16. The summed E-state index contributed by atoms with van der Waals surface area (Å²) >= 11 is 0. The second-order valence-corrected chi connectivity index (χ2v) is 11.4. The van der Waals surface area contributed by atoms with Crippen molar-refractivity contribution in [3.8, 4) is 0 Å². The molecule has 0 aromatic rings. The van der Waals surface area contributed by atoms with Gasteiger partial charge in [0, 0.05) is 6.42 Å². The summed E-state index contributed by atoms with van der Waals surface area (Å²) in [5, 5.41) is 30.8. The molecule has 3 fully saturated rings. The van der Waals surface area contributed by atoms with E-state index in [0.717, 1.165) is 43.3 Å². The van der Waals surface area contributed by atoms with E-state index in [1.54, 1.807) is 5.57 Å². The Morgan fingerprint density at radius 3 is 2.61 bits per heavy atom. The fourth-order valence-electron chi connectivity index (χ4n) is 7.01. The van der Waals surface area contributed by atoms with Crippen molar-refractivity contribution in [3.05, 3.63) is 47.6 Å². The summed E-state index contributed by atoms with van der Waals surface area (Å²) in [6, 6.07) is 0. The zero-order valence-electron chi connectivity index (χ0n) is 21.5. The van der Waals surface area contributed by atoms with Gasteiger partial charge >= 0.3 is 0 Å². The molecule has 186 valence electrons. The summed E-state index contributed by atoms with van der Waals surface area (Å²) in [7, 11) is 0. The lowest BCUT2D eigenvalue weighted by Gasteiger charge is -2.44. The molecule has 0 aromatic heterocycles. The molecule has 0 spiro atoms. The van der Waals surface area contributed by atoms with Gasteiger partial charge in [-0.15, -0.1) is 0 Å². The molecule has 0 aromatic carbocycles. The van der Waals surface area contributed by atoms with E-state index in [1.807, 2.05) is 0 Å². The van der Waals surface area contributed by atoms with Crippen molar-refractivity contribution in [3.63, 3.8) is 0 Å². The van der Waals surface area contributed by atoms with Crippen molar-refractivity contribution >= 4 is 0 Å². The van der Waals surface area contributed by atoms with Gasteiger partial charge in [-0.1, -0.05) is 64.2 Å². The molecule has 33 heavy (non-hydrogen) atoms. The monoisotopic (exact) mass is 456 g/mol. The Morgan fingerprint density at radius 1 is 1.18 bits per heavy atom. The molecule has 0 amide bonds. The van der Waals surface area contributed by atoms with Crippen molar-refractivity contribution in [1.29, 1.82) is 0 Å². The number of aliphatic hydroxyl groups excluding tert-OH is 2. The molecule has 3 rings (SSSR count). The predicted molar refractivity (Wildman–Crippen MR) is 138 cm³/mol. The molecule has 3 heteroatoms. The first-order chi connectivity index (χ1) is 15.6. The molecule has 3 aliphatic carbocycles. The summed E-state index contributed by atoms with van der Waals surface area (Å²) in [6.45, 7) is 13.1. The fourth-order valence-corrected chi connectivity index (χ4v) is 7.01. The maximum Gasteiger partial charge on any atom is 0.0811 e. The van der Waals surface area contributed by atoms with Gasteiger partial charge in [-0.05, 0) is 98.5 Å². The lowest BCUT2D eigenvalue weighted by Crippen LogP contribution is -2.35. The van der Waals surface area contributed by atoms with Gasteiger partial charge < -0.3 is 15.3 Å². The third kappa shape index (κ3) is 5.92. The van der Waals surface area contributed by atoms with Gasteiger partial charge in [0.05, 0.1) is 17.8 Å². The van der Waals surface area contributed by atoms with Crippen LogP contribution in [0.2, 0.25) is 0 Å². The summed E-state index contributed by atoms with van der Waals surface area (Å²) in [4.78, 5) is 0. The van der Waals surface area contributed by atoms with Gasteiger partial charge in [0.15, 0.2) is 0 Å². The Kier molecular flexibility index (Phi) is 8.86. The van der Waals surface area contributed by atoms with Gasteiger partial charge in [-0.2, -0.15) is 0 Å². The minimum Gasteiger partial charge on any atom is -0.393 e. The van der Waals surface area contributed by atoms with Crippen LogP contribution in [0.4, 0.5) is 0 Å². The van der Waals surface area contributed by atoms with E-state index in [0.29, 0.717) is 36.0 Å². The van der Waals surface area contributed by atoms with Crippen LogP contribution >= 0.6 is 0 Å². The van der Waals surface area contributed by atoms with Crippen LogP contribution in [0, 0.1) is 23.2 Å². The first kappa shape index (κ1) is 26.4. The fraction of sp³-hybridized carbons (Fsp3) is 0.733. The van der Waals surface area contributed by atoms with Crippen molar-refractivity contribution < 1.29 is 15.3 Å². The van der Waals surface area contributed by atoms with E-state index in [-0.39, 0.29) is 0 Å². The minimum atomic E-state index is -0.621. The minimum absolute atomic E-state index is 0.336. The average Bonchev–Trinajstić information content (AvgIpc) is 3.15. The third-order valence-electron chi connectivity index (χ3n) is 9.47. The summed E-state index contributed by atoms with van der Waals surface area (Å²) in [5.74, 6) is 1.87. The largest absolute Gasteiger partial charge is 0.393 e. The lowest BCUT2D eigenvalue weighted by atomic mass is 9.61. The molecule has 3 N–H and O–H groups in total. The molecule has 3 aliphatic rings. The molecule has 6 atom stereocenters. The molecule has 0 radical (unpaired) electrons. The lowest BCUT2D eigenvalue weighted by molar-refractivity contribution is 0.0245. The van der Waals surface area contributed by atoms with Crippen LogP contribution in [0.1, 0.15) is 98.3 Å². The van der Waals surface area contributed by atoms with Crippen molar-refractivity contribution in [2.24, 2.45) is 23.2 Å². The molecular weight excluding hydrogens is 408 g/mol. The van der Waals surface area contributed by atoms with Crippen molar-refractivity contribution in [1.82, 2.24) is 0 Å². The Morgan fingerprint density at radius 2 is 1.91 bits per heavy atom. The van der Waals surface area contributed by atoms with E-state index in [9.17, 15) is 15.3 Å². The van der Waals surface area contributed by atoms with Crippen LogP contribution in [0.3, 0.4) is 0 Å². The topological polar surface area (TPSA) is 60.7 Å². The third-order valence-corrected chi connectivity index (χ3v) is 9.47. The molecule has 0 bridgehead atoms. The predicted octanol–water partition coefficient (Wildman–Crippen LogP) is 6.65. The zero-order chi connectivity index (χ0) is 24.2. The maximum absolute atomic E-state index is 10.5. The highest BCUT2D eigenvalue weighted by Gasteiger charge is 2.50. The molecule has 3 nitrogen and oxygen atoms in total. The van der Waals surface area contributed by atoms with Gasteiger partial charge in [0.1, 0.15) is 0 Å². The standard InChI is InChI=1S/C30H48O3/c1-6-30(33,7-2)18-9-8-11-21(3)26-15-16-27-23(12-10-17-29(26,27)5)13-14-24-19-25(31)20-28(32)22(24)4/h8,11,13-14,21,25-28,31-33H,4,6-7,9-10,12,15-20H2,1-3,5H3/b11-8+,23-13+,24-14-/t21-,25-,26-,27+,28+,29-/m1/s1. The van der Waals surface area contributed by atoms with Gasteiger partial charge in [-0.3, -0.25) is 0 Å². The van der Waals surface area contributed by atoms with E-state index in [1.165, 1.54) is 25.7 Å². The summed E-state index contributed by atoms with van der Waals surface area (Å²) in [5.41, 5.74) is 3.16. The molecule has 0 unspecified atom stereocenters. The maximum atomic E-state index is 10.5. The average molecular weight is 457 g/mol. The number of hydrogen-bond acceptors (Lipinski definition) is 3. The van der Waals surface area contributed by atoms with Crippen LogP contribution in [-0.4, -0.2) is 33.1 Å². The highest BCUT2D eigenvalue weighted by Crippen LogP contribution is 2.59. The Labute approximate surface area is 202 Å². The van der Waals surface area contributed by atoms with Gasteiger partial charge in [-0.25, -0.2) is 0 Å². The molecule has 0 heterocycles.